The zero-order chi connectivity index (χ0) is 12.4. The summed E-state index contributed by atoms with van der Waals surface area (Å²) in [6.07, 6.45) is -0.321. The van der Waals surface area contributed by atoms with Crippen molar-refractivity contribution in [1.82, 2.24) is 0 Å². The molecule has 1 aromatic rings. The van der Waals surface area contributed by atoms with Gasteiger partial charge in [0.1, 0.15) is 6.10 Å². The highest BCUT2D eigenvalue weighted by atomic mass is 16.5. The maximum absolute atomic E-state index is 11.3. The van der Waals surface area contributed by atoms with Gasteiger partial charge in [0.15, 0.2) is 0 Å². The largest absolute Gasteiger partial charge is 0.459 e. The molecule has 3 atom stereocenters. The normalized spacial score (nSPS) is 25.8. The fourth-order valence-corrected chi connectivity index (χ4v) is 2.15. The second kappa shape index (κ2) is 4.72. The number of aliphatic hydroxyl groups excluding tert-OH is 1. The van der Waals surface area contributed by atoms with Crippen molar-refractivity contribution >= 4 is 5.97 Å². The number of cyclic esters (lactones) is 1. The minimum Gasteiger partial charge on any atom is -0.459 e. The smallest absolute Gasteiger partial charge is 0.334 e. The van der Waals surface area contributed by atoms with Gasteiger partial charge >= 0.3 is 5.97 Å². The van der Waals surface area contributed by atoms with Crippen LogP contribution in [-0.2, 0) is 9.53 Å². The van der Waals surface area contributed by atoms with E-state index >= 15 is 0 Å². The number of hydrogen-bond donors (Lipinski definition) is 1. The highest BCUT2D eigenvalue weighted by molar-refractivity contribution is 5.90. The van der Waals surface area contributed by atoms with E-state index in [2.05, 4.69) is 6.58 Å². The molecule has 3 nitrogen and oxygen atoms in total. The van der Waals surface area contributed by atoms with Gasteiger partial charge in [0.2, 0.25) is 0 Å². The van der Waals surface area contributed by atoms with E-state index in [1.807, 2.05) is 37.3 Å². The van der Waals surface area contributed by atoms with Gasteiger partial charge in [0.05, 0.1) is 6.10 Å². The first kappa shape index (κ1) is 11.9. The van der Waals surface area contributed by atoms with Crippen molar-refractivity contribution < 1.29 is 14.6 Å². The number of carbonyl (C=O) groups is 1. The molecule has 0 spiro atoms. The summed E-state index contributed by atoms with van der Waals surface area (Å²) in [4.78, 5) is 11.3. The van der Waals surface area contributed by atoms with E-state index < -0.39 is 6.10 Å². The summed E-state index contributed by atoms with van der Waals surface area (Å²) in [6, 6.07) is 9.41. The van der Waals surface area contributed by atoms with E-state index in [1.165, 1.54) is 0 Å². The molecule has 1 aliphatic rings. The van der Waals surface area contributed by atoms with Crippen LogP contribution in [0.25, 0.3) is 0 Å². The molecule has 90 valence electrons. The molecule has 0 saturated carbocycles. The molecule has 1 aromatic carbocycles. The minimum atomic E-state index is -0.588. The van der Waals surface area contributed by atoms with Crippen LogP contribution in [0.1, 0.15) is 25.0 Å². The lowest BCUT2D eigenvalue weighted by Gasteiger charge is -2.18. The number of ether oxygens (including phenoxy) is 1. The summed E-state index contributed by atoms with van der Waals surface area (Å²) in [7, 11) is 0. The molecule has 1 saturated heterocycles. The topological polar surface area (TPSA) is 46.5 Å². The van der Waals surface area contributed by atoms with Crippen molar-refractivity contribution in [1.29, 1.82) is 0 Å². The lowest BCUT2D eigenvalue weighted by atomic mass is 9.89. The van der Waals surface area contributed by atoms with Crippen LogP contribution in [0.2, 0.25) is 0 Å². The summed E-state index contributed by atoms with van der Waals surface area (Å²) in [6.45, 7) is 5.56. The van der Waals surface area contributed by atoms with E-state index in [0.29, 0.717) is 12.0 Å². The zero-order valence-electron chi connectivity index (χ0n) is 9.80. The number of benzene rings is 1. The standard InChI is InChI=1S/C14H16O3/c1-9-12(10(2)17-14(9)16)8-13(15)11-6-4-3-5-7-11/h3-7,10,12-13,15H,1,8H2,2H3/t10-,12+,13+/m1/s1. The fourth-order valence-electron chi connectivity index (χ4n) is 2.15. The molecule has 0 bridgehead atoms. The van der Waals surface area contributed by atoms with Crippen molar-refractivity contribution in [2.45, 2.75) is 25.6 Å². The van der Waals surface area contributed by atoms with Crippen molar-refractivity contribution in [2.24, 2.45) is 5.92 Å². The van der Waals surface area contributed by atoms with E-state index in [1.54, 1.807) is 0 Å². The predicted octanol–water partition coefficient (Wildman–Crippen LogP) is 2.23. The summed E-state index contributed by atoms with van der Waals surface area (Å²) >= 11 is 0. The van der Waals surface area contributed by atoms with Gasteiger partial charge in [-0.05, 0) is 18.9 Å². The molecule has 0 aromatic heterocycles. The van der Waals surface area contributed by atoms with Crippen LogP contribution >= 0.6 is 0 Å². The Labute approximate surface area is 101 Å². The van der Waals surface area contributed by atoms with Crippen molar-refractivity contribution in [3.63, 3.8) is 0 Å². The molecular formula is C14H16O3. The van der Waals surface area contributed by atoms with Crippen LogP contribution in [-0.4, -0.2) is 17.2 Å². The third kappa shape index (κ3) is 2.39. The molecule has 0 amide bonds. The number of carbonyl (C=O) groups excluding carboxylic acids is 1. The molecule has 0 unspecified atom stereocenters. The third-order valence-electron chi connectivity index (χ3n) is 3.23. The van der Waals surface area contributed by atoms with Crippen LogP contribution < -0.4 is 0 Å². The molecular weight excluding hydrogens is 216 g/mol. The van der Waals surface area contributed by atoms with E-state index in [9.17, 15) is 9.90 Å². The Morgan fingerprint density at radius 1 is 1.41 bits per heavy atom. The third-order valence-corrected chi connectivity index (χ3v) is 3.23. The first-order valence-corrected chi connectivity index (χ1v) is 5.72. The molecule has 3 heteroatoms. The molecule has 1 heterocycles. The molecule has 1 aliphatic heterocycles. The summed E-state index contributed by atoms with van der Waals surface area (Å²) in [5.74, 6) is -0.444. The van der Waals surface area contributed by atoms with E-state index in [0.717, 1.165) is 5.56 Å². The second-order valence-electron chi connectivity index (χ2n) is 4.40. The molecule has 0 radical (unpaired) electrons. The number of aliphatic hydroxyl groups is 1. The van der Waals surface area contributed by atoms with Gasteiger partial charge in [-0.1, -0.05) is 36.9 Å². The molecule has 17 heavy (non-hydrogen) atoms. The Morgan fingerprint density at radius 2 is 2.06 bits per heavy atom. The first-order valence-electron chi connectivity index (χ1n) is 5.72. The summed E-state index contributed by atoms with van der Waals surface area (Å²) in [5.41, 5.74) is 1.32. The van der Waals surface area contributed by atoms with Crippen LogP contribution in [0, 0.1) is 5.92 Å². The van der Waals surface area contributed by atoms with Gasteiger partial charge in [-0.2, -0.15) is 0 Å². The van der Waals surface area contributed by atoms with Gasteiger partial charge in [0.25, 0.3) is 0 Å². The van der Waals surface area contributed by atoms with Crippen LogP contribution in [0.5, 0.6) is 0 Å². The monoisotopic (exact) mass is 232 g/mol. The Hall–Kier alpha value is -1.61. The lowest BCUT2D eigenvalue weighted by molar-refractivity contribution is -0.138. The van der Waals surface area contributed by atoms with E-state index in [-0.39, 0.29) is 18.0 Å². The molecule has 2 rings (SSSR count). The van der Waals surface area contributed by atoms with Crippen LogP contribution in [0.15, 0.2) is 42.5 Å². The van der Waals surface area contributed by atoms with Gasteiger partial charge in [0, 0.05) is 11.5 Å². The second-order valence-corrected chi connectivity index (χ2v) is 4.40. The maximum Gasteiger partial charge on any atom is 0.334 e. The maximum atomic E-state index is 11.3. The SMILES string of the molecule is C=C1C(=O)O[C@H](C)[C@H]1C[C@H](O)c1ccccc1. The molecule has 0 aliphatic carbocycles. The van der Waals surface area contributed by atoms with Gasteiger partial charge in [-0.25, -0.2) is 4.79 Å². The summed E-state index contributed by atoms with van der Waals surface area (Å²) in [5, 5.41) is 10.1. The number of esters is 1. The Balaban J connectivity index is 2.07. The minimum absolute atomic E-state index is 0.0993. The van der Waals surface area contributed by atoms with E-state index in [4.69, 9.17) is 4.74 Å². The average Bonchev–Trinajstić information content (AvgIpc) is 2.57. The van der Waals surface area contributed by atoms with Gasteiger partial charge < -0.3 is 9.84 Å². The van der Waals surface area contributed by atoms with Crippen LogP contribution in [0.3, 0.4) is 0 Å². The highest BCUT2D eigenvalue weighted by Crippen LogP contribution is 2.33. The Bertz CT molecular complexity index is 424. The predicted molar refractivity (Wildman–Crippen MR) is 64.2 cm³/mol. The van der Waals surface area contributed by atoms with Gasteiger partial charge in [-0.15, -0.1) is 0 Å². The van der Waals surface area contributed by atoms with Crippen molar-refractivity contribution in [2.75, 3.05) is 0 Å². The summed E-state index contributed by atoms with van der Waals surface area (Å²) < 4.78 is 5.07. The Kier molecular flexibility index (Phi) is 3.29. The average molecular weight is 232 g/mol. The molecule has 1 N–H and O–H groups in total. The van der Waals surface area contributed by atoms with Crippen molar-refractivity contribution in [3.8, 4) is 0 Å². The lowest BCUT2D eigenvalue weighted by Crippen LogP contribution is -2.15. The van der Waals surface area contributed by atoms with Gasteiger partial charge in [-0.3, -0.25) is 0 Å². The Morgan fingerprint density at radius 3 is 2.59 bits per heavy atom. The number of rotatable bonds is 3. The van der Waals surface area contributed by atoms with Crippen molar-refractivity contribution in [3.05, 3.63) is 48.0 Å². The first-order chi connectivity index (χ1) is 8.09. The quantitative estimate of drug-likeness (QED) is 0.642. The van der Waals surface area contributed by atoms with Crippen LogP contribution in [0.4, 0.5) is 0 Å². The number of hydrogen-bond acceptors (Lipinski definition) is 3. The fraction of sp³-hybridized carbons (Fsp3) is 0.357. The molecule has 1 fully saturated rings. The zero-order valence-corrected chi connectivity index (χ0v) is 9.80. The highest BCUT2D eigenvalue weighted by Gasteiger charge is 2.36.